The number of ether oxygens (including phenoxy) is 1. The third kappa shape index (κ3) is 5.53. The van der Waals surface area contributed by atoms with Gasteiger partial charge in [0.15, 0.2) is 5.96 Å². The van der Waals surface area contributed by atoms with Crippen LogP contribution in [0.3, 0.4) is 0 Å². The summed E-state index contributed by atoms with van der Waals surface area (Å²) in [4.78, 5) is 10.3. The second-order valence-electron chi connectivity index (χ2n) is 5.46. The van der Waals surface area contributed by atoms with Gasteiger partial charge in [-0.15, -0.1) is 11.3 Å². The first-order chi connectivity index (χ1) is 11.6. The van der Waals surface area contributed by atoms with Crippen molar-refractivity contribution in [3.63, 3.8) is 0 Å². The lowest BCUT2D eigenvalue weighted by atomic mass is 10.1. The maximum Gasteiger partial charge on any atom is 0.191 e. The molecule has 0 saturated carbocycles. The number of nitrogens with zero attached hydrogens (tertiary/aromatic N) is 2. The van der Waals surface area contributed by atoms with Crippen LogP contribution in [0.25, 0.3) is 0 Å². The van der Waals surface area contributed by atoms with Crippen LogP contribution in [0, 0.1) is 13.8 Å². The first kappa shape index (κ1) is 18.3. The summed E-state index contributed by atoms with van der Waals surface area (Å²) in [6.45, 7) is 8.48. The first-order valence-corrected chi connectivity index (χ1v) is 9.02. The molecule has 1 aromatic heterocycles. The third-order valence-corrected chi connectivity index (χ3v) is 4.65. The molecule has 1 heterocycles. The van der Waals surface area contributed by atoms with Crippen LogP contribution in [0.4, 0.5) is 0 Å². The second kappa shape index (κ2) is 9.27. The van der Waals surface area contributed by atoms with Gasteiger partial charge in [0.05, 0.1) is 24.4 Å². The van der Waals surface area contributed by atoms with Gasteiger partial charge in [-0.1, -0.05) is 12.1 Å². The van der Waals surface area contributed by atoms with E-state index in [9.17, 15) is 0 Å². The quantitative estimate of drug-likeness (QED) is 0.597. The van der Waals surface area contributed by atoms with Gasteiger partial charge >= 0.3 is 0 Å². The molecule has 0 aliphatic rings. The van der Waals surface area contributed by atoms with Crippen molar-refractivity contribution in [2.45, 2.75) is 33.7 Å². The molecule has 1 aromatic carbocycles. The number of benzene rings is 1. The van der Waals surface area contributed by atoms with E-state index in [0.29, 0.717) is 6.54 Å². The molecule has 0 saturated heterocycles. The average molecular weight is 347 g/mol. The van der Waals surface area contributed by atoms with Gasteiger partial charge in [0.1, 0.15) is 5.75 Å². The van der Waals surface area contributed by atoms with Crippen LogP contribution in [-0.4, -0.2) is 31.1 Å². The lowest BCUT2D eigenvalue weighted by Gasteiger charge is -2.11. The van der Waals surface area contributed by atoms with Gasteiger partial charge in [-0.2, -0.15) is 0 Å². The van der Waals surface area contributed by atoms with Crippen molar-refractivity contribution in [1.29, 1.82) is 0 Å². The number of guanidine groups is 1. The molecule has 2 N–H and O–H groups in total. The summed E-state index contributed by atoms with van der Waals surface area (Å²) in [7, 11) is 1.68. The summed E-state index contributed by atoms with van der Waals surface area (Å²) in [5.41, 5.74) is 2.35. The summed E-state index contributed by atoms with van der Waals surface area (Å²) < 4.78 is 5.18. The van der Waals surface area contributed by atoms with E-state index in [1.54, 1.807) is 18.4 Å². The summed E-state index contributed by atoms with van der Waals surface area (Å²) in [6, 6.07) is 8.16. The Kier molecular flexibility index (Phi) is 7.06. The normalized spacial score (nSPS) is 11.4. The predicted molar refractivity (Wildman–Crippen MR) is 101 cm³/mol. The highest BCUT2D eigenvalue weighted by molar-refractivity contribution is 7.11. The zero-order valence-corrected chi connectivity index (χ0v) is 15.7. The van der Waals surface area contributed by atoms with Gasteiger partial charge in [-0.3, -0.25) is 0 Å². The summed E-state index contributed by atoms with van der Waals surface area (Å²) in [6.07, 6.45) is 0.938. The minimum absolute atomic E-state index is 0.662. The van der Waals surface area contributed by atoms with Crippen LogP contribution in [0.5, 0.6) is 5.75 Å². The molecule has 5 nitrogen and oxygen atoms in total. The number of methoxy groups -OCH3 is 1. The molecule has 6 heteroatoms. The highest BCUT2D eigenvalue weighted by Crippen LogP contribution is 2.17. The molecule has 0 aliphatic carbocycles. The summed E-state index contributed by atoms with van der Waals surface area (Å²) in [5, 5.41) is 7.77. The van der Waals surface area contributed by atoms with Crippen LogP contribution in [0.15, 0.2) is 29.3 Å². The molecule has 2 rings (SSSR count). The number of aromatic nitrogens is 1. The Bertz CT molecular complexity index is 664. The molecule has 0 atom stereocenters. The van der Waals surface area contributed by atoms with E-state index in [1.165, 1.54) is 10.4 Å². The Labute approximate surface area is 148 Å². The Morgan fingerprint density at radius 3 is 2.54 bits per heavy atom. The van der Waals surface area contributed by atoms with Crippen LogP contribution in [0.1, 0.15) is 28.1 Å². The summed E-state index contributed by atoms with van der Waals surface area (Å²) in [5.74, 6) is 1.73. The maximum absolute atomic E-state index is 5.18. The van der Waals surface area contributed by atoms with Crippen LogP contribution < -0.4 is 15.4 Å². The average Bonchev–Trinajstić information content (AvgIpc) is 2.91. The monoisotopic (exact) mass is 346 g/mol. The molecule has 0 fully saturated rings. The largest absolute Gasteiger partial charge is 0.497 e. The van der Waals surface area contributed by atoms with E-state index >= 15 is 0 Å². The number of aryl methyl sites for hydroxylation is 2. The Hall–Kier alpha value is -2.08. The van der Waals surface area contributed by atoms with Crippen molar-refractivity contribution in [2.75, 3.05) is 20.2 Å². The third-order valence-electron chi connectivity index (χ3n) is 3.59. The van der Waals surface area contributed by atoms with Gasteiger partial charge < -0.3 is 15.4 Å². The molecule has 24 heavy (non-hydrogen) atoms. The fourth-order valence-corrected chi connectivity index (χ4v) is 3.19. The topological polar surface area (TPSA) is 58.5 Å². The van der Waals surface area contributed by atoms with E-state index in [0.717, 1.165) is 41.9 Å². The highest BCUT2D eigenvalue weighted by Gasteiger charge is 2.05. The maximum atomic E-state index is 5.18. The Balaban J connectivity index is 1.87. The van der Waals surface area contributed by atoms with Crippen molar-refractivity contribution in [3.8, 4) is 5.75 Å². The van der Waals surface area contributed by atoms with E-state index in [4.69, 9.17) is 4.74 Å². The van der Waals surface area contributed by atoms with Gasteiger partial charge in [-0.05, 0) is 44.9 Å². The molecule has 0 aliphatic heterocycles. The number of rotatable bonds is 7. The highest BCUT2D eigenvalue weighted by atomic mass is 32.1. The Morgan fingerprint density at radius 2 is 1.96 bits per heavy atom. The second-order valence-corrected chi connectivity index (χ2v) is 6.75. The van der Waals surface area contributed by atoms with Gasteiger partial charge in [0.25, 0.3) is 0 Å². The SMILES string of the molecule is CCNC(=NCc1sc(C)nc1C)NCCc1ccc(OC)cc1. The fraction of sp³-hybridized carbons (Fsp3) is 0.444. The molecular formula is C18H26N4OS. The lowest BCUT2D eigenvalue weighted by molar-refractivity contribution is 0.414. The van der Waals surface area contributed by atoms with Crippen LogP contribution >= 0.6 is 11.3 Å². The standard InChI is InChI=1S/C18H26N4OS/c1-5-19-18(21-12-17-13(2)22-14(3)24-17)20-11-10-15-6-8-16(23-4)9-7-15/h6-9H,5,10-12H2,1-4H3,(H2,19,20,21). The molecule has 2 aromatic rings. The van der Waals surface area contributed by atoms with Crippen molar-refractivity contribution in [1.82, 2.24) is 15.6 Å². The number of thiazole rings is 1. The molecular weight excluding hydrogens is 320 g/mol. The number of aliphatic imine (C=N–C) groups is 1. The van der Waals surface area contributed by atoms with E-state index < -0.39 is 0 Å². The molecule has 0 radical (unpaired) electrons. The van der Waals surface area contributed by atoms with Crippen molar-refractivity contribution >= 4 is 17.3 Å². The molecule has 0 amide bonds. The van der Waals surface area contributed by atoms with Crippen molar-refractivity contribution < 1.29 is 4.74 Å². The zero-order chi connectivity index (χ0) is 17.4. The Morgan fingerprint density at radius 1 is 1.21 bits per heavy atom. The number of nitrogens with one attached hydrogen (secondary N) is 2. The summed E-state index contributed by atoms with van der Waals surface area (Å²) >= 11 is 1.71. The minimum Gasteiger partial charge on any atom is -0.497 e. The van der Waals surface area contributed by atoms with Crippen molar-refractivity contribution in [2.24, 2.45) is 4.99 Å². The molecule has 130 valence electrons. The molecule has 0 unspecified atom stereocenters. The van der Waals surface area contributed by atoms with E-state index in [1.807, 2.05) is 26.0 Å². The van der Waals surface area contributed by atoms with Crippen molar-refractivity contribution in [3.05, 3.63) is 45.4 Å². The lowest BCUT2D eigenvalue weighted by Crippen LogP contribution is -2.38. The van der Waals surface area contributed by atoms with E-state index in [2.05, 4.69) is 39.7 Å². The number of hydrogen-bond acceptors (Lipinski definition) is 4. The smallest absolute Gasteiger partial charge is 0.191 e. The van der Waals surface area contributed by atoms with Crippen LogP contribution in [0.2, 0.25) is 0 Å². The minimum atomic E-state index is 0.662. The first-order valence-electron chi connectivity index (χ1n) is 8.20. The fourth-order valence-electron chi connectivity index (χ4n) is 2.33. The zero-order valence-electron chi connectivity index (χ0n) is 14.8. The van der Waals surface area contributed by atoms with E-state index in [-0.39, 0.29) is 0 Å². The number of hydrogen-bond donors (Lipinski definition) is 2. The van der Waals surface area contributed by atoms with Crippen LogP contribution in [-0.2, 0) is 13.0 Å². The van der Waals surface area contributed by atoms with Gasteiger partial charge in [0.2, 0.25) is 0 Å². The van der Waals surface area contributed by atoms with Gasteiger partial charge in [-0.25, -0.2) is 9.98 Å². The molecule has 0 bridgehead atoms. The van der Waals surface area contributed by atoms with Gasteiger partial charge in [0, 0.05) is 18.0 Å². The molecule has 0 spiro atoms. The predicted octanol–water partition coefficient (Wildman–Crippen LogP) is 3.07.